The minimum atomic E-state index is -0.998. The van der Waals surface area contributed by atoms with E-state index in [1.807, 2.05) is 0 Å². The van der Waals surface area contributed by atoms with Crippen LogP contribution in [0.5, 0.6) is 0 Å². The third-order valence-electron chi connectivity index (χ3n) is 1.41. The molecule has 0 amide bonds. The van der Waals surface area contributed by atoms with Crippen LogP contribution < -0.4 is 0 Å². The van der Waals surface area contributed by atoms with Crippen LogP contribution in [0.4, 0.5) is 0 Å². The van der Waals surface area contributed by atoms with Crippen molar-refractivity contribution < 1.29 is 14.7 Å². The van der Waals surface area contributed by atoms with Crippen molar-refractivity contribution in [3.8, 4) is 0 Å². The molecule has 1 aromatic rings. The average Bonchev–Trinajstić information content (AvgIpc) is 2.35. The molecule has 0 radical (unpaired) electrons. The third kappa shape index (κ3) is 1.85. The van der Waals surface area contributed by atoms with Crippen molar-refractivity contribution in [2.45, 2.75) is 19.4 Å². The fourth-order valence-electron chi connectivity index (χ4n) is 0.808. The quantitative estimate of drug-likeness (QED) is 0.398. The summed E-state index contributed by atoms with van der Waals surface area (Å²) in [4.78, 5) is 0. The lowest BCUT2D eigenvalue weighted by molar-refractivity contribution is 0.0539. The molecule has 12 heavy (non-hydrogen) atoms. The molecule has 0 aliphatic carbocycles. The number of rotatable bonds is 2. The molecule has 1 rings (SSSR count). The minimum Gasteiger partial charge on any atom is -0.457 e. The van der Waals surface area contributed by atoms with E-state index < -0.39 is 5.60 Å². The smallest absolute Gasteiger partial charge is 0.148 e. The summed E-state index contributed by atoms with van der Waals surface area (Å²) in [5, 5.41) is 20.4. The fraction of sp³-hybridized carbons (Fsp3) is 0.375. The van der Waals surface area contributed by atoms with E-state index in [9.17, 15) is 5.11 Å². The molecule has 4 heteroatoms. The second-order valence-corrected chi connectivity index (χ2v) is 3.01. The van der Waals surface area contributed by atoms with Crippen molar-refractivity contribution in [2.75, 3.05) is 0 Å². The summed E-state index contributed by atoms with van der Waals surface area (Å²) in [7, 11) is 0. The Morgan fingerprint density at radius 1 is 1.50 bits per heavy atom. The Balaban J connectivity index is 2.92. The number of nitrogens with zero attached hydrogens (tertiary/aromatic N) is 1. The molecule has 0 aliphatic rings. The molecule has 0 spiro atoms. The maximum absolute atomic E-state index is 9.47. The van der Waals surface area contributed by atoms with Crippen molar-refractivity contribution >= 4 is 6.21 Å². The first-order valence-electron chi connectivity index (χ1n) is 3.54. The van der Waals surface area contributed by atoms with E-state index in [1.54, 1.807) is 26.0 Å². The van der Waals surface area contributed by atoms with Crippen LogP contribution in [-0.2, 0) is 5.60 Å². The van der Waals surface area contributed by atoms with Gasteiger partial charge in [0.05, 0.1) is 0 Å². The Morgan fingerprint density at radius 2 is 2.17 bits per heavy atom. The Labute approximate surface area is 70.1 Å². The summed E-state index contributed by atoms with van der Waals surface area (Å²) < 4.78 is 5.13. The third-order valence-corrected chi connectivity index (χ3v) is 1.41. The molecule has 0 atom stereocenters. The van der Waals surface area contributed by atoms with Crippen LogP contribution in [0.25, 0.3) is 0 Å². The summed E-state index contributed by atoms with van der Waals surface area (Å²) in [6.07, 6.45) is 1.16. The van der Waals surface area contributed by atoms with E-state index in [0.29, 0.717) is 11.5 Å². The zero-order valence-corrected chi connectivity index (χ0v) is 6.98. The van der Waals surface area contributed by atoms with Crippen molar-refractivity contribution in [2.24, 2.45) is 5.16 Å². The molecule has 0 fully saturated rings. The van der Waals surface area contributed by atoms with Crippen LogP contribution in [0.15, 0.2) is 21.7 Å². The topological polar surface area (TPSA) is 66.0 Å². The van der Waals surface area contributed by atoms with Gasteiger partial charge in [-0.3, -0.25) is 0 Å². The largest absolute Gasteiger partial charge is 0.457 e. The summed E-state index contributed by atoms with van der Waals surface area (Å²) >= 11 is 0. The van der Waals surface area contributed by atoms with E-state index in [2.05, 4.69) is 5.16 Å². The van der Waals surface area contributed by atoms with Crippen molar-refractivity contribution in [1.82, 2.24) is 0 Å². The summed E-state index contributed by atoms with van der Waals surface area (Å²) in [5.41, 5.74) is -0.998. The van der Waals surface area contributed by atoms with E-state index in [4.69, 9.17) is 9.62 Å². The lowest BCUT2D eigenvalue weighted by Gasteiger charge is -2.12. The molecule has 1 aromatic heterocycles. The first-order valence-corrected chi connectivity index (χ1v) is 3.54. The van der Waals surface area contributed by atoms with Crippen LogP contribution in [0.2, 0.25) is 0 Å². The Hall–Kier alpha value is -1.29. The van der Waals surface area contributed by atoms with Gasteiger partial charge in [-0.1, -0.05) is 5.16 Å². The maximum atomic E-state index is 9.47. The van der Waals surface area contributed by atoms with Gasteiger partial charge in [0.2, 0.25) is 0 Å². The van der Waals surface area contributed by atoms with Gasteiger partial charge in [-0.2, -0.15) is 0 Å². The maximum Gasteiger partial charge on any atom is 0.148 e. The summed E-state index contributed by atoms with van der Waals surface area (Å²) in [6.45, 7) is 3.23. The minimum absolute atomic E-state index is 0.412. The van der Waals surface area contributed by atoms with Gasteiger partial charge in [-0.05, 0) is 26.0 Å². The van der Waals surface area contributed by atoms with Crippen LogP contribution in [0.1, 0.15) is 25.4 Å². The summed E-state index contributed by atoms with van der Waals surface area (Å²) in [6, 6.07) is 3.25. The van der Waals surface area contributed by atoms with Gasteiger partial charge in [-0.25, -0.2) is 0 Å². The predicted molar refractivity (Wildman–Crippen MR) is 43.3 cm³/mol. The summed E-state index contributed by atoms with van der Waals surface area (Å²) in [5.74, 6) is 0.854. The molecule has 0 aromatic carbocycles. The van der Waals surface area contributed by atoms with Gasteiger partial charge in [0.1, 0.15) is 23.3 Å². The Kier molecular flexibility index (Phi) is 2.19. The zero-order valence-electron chi connectivity index (χ0n) is 6.98. The SMILES string of the molecule is CC(C)(O)c1ccc(C=NO)o1. The normalized spacial score (nSPS) is 12.6. The van der Waals surface area contributed by atoms with Gasteiger partial charge < -0.3 is 14.7 Å². The van der Waals surface area contributed by atoms with Gasteiger partial charge in [-0.15, -0.1) is 0 Å². The molecule has 4 nitrogen and oxygen atoms in total. The first kappa shape index (κ1) is 8.80. The highest BCUT2D eigenvalue weighted by Gasteiger charge is 2.19. The number of furan rings is 1. The molecule has 0 unspecified atom stereocenters. The molecule has 0 saturated heterocycles. The van der Waals surface area contributed by atoms with E-state index in [1.165, 1.54) is 0 Å². The second kappa shape index (κ2) is 2.98. The van der Waals surface area contributed by atoms with E-state index in [-0.39, 0.29) is 0 Å². The molecular formula is C8H11NO3. The molecule has 66 valence electrons. The second-order valence-electron chi connectivity index (χ2n) is 3.01. The van der Waals surface area contributed by atoms with Crippen LogP contribution >= 0.6 is 0 Å². The lowest BCUT2D eigenvalue weighted by Crippen LogP contribution is -2.13. The molecule has 0 bridgehead atoms. The van der Waals surface area contributed by atoms with Crippen molar-refractivity contribution in [3.05, 3.63) is 23.7 Å². The highest BCUT2D eigenvalue weighted by molar-refractivity contribution is 5.75. The first-order chi connectivity index (χ1) is 5.54. The standard InChI is InChI=1S/C8H11NO3/c1-8(2,10)7-4-3-6(12-7)5-9-11/h3-5,10-11H,1-2H3. The number of hydrogen-bond acceptors (Lipinski definition) is 4. The van der Waals surface area contributed by atoms with Gasteiger partial charge in [0.15, 0.2) is 0 Å². The number of aliphatic hydroxyl groups is 1. The molecule has 0 aliphatic heterocycles. The van der Waals surface area contributed by atoms with Crippen molar-refractivity contribution in [1.29, 1.82) is 0 Å². The van der Waals surface area contributed by atoms with E-state index >= 15 is 0 Å². The molecular weight excluding hydrogens is 158 g/mol. The predicted octanol–water partition coefficient (Wildman–Crippen LogP) is 1.32. The molecule has 0 saturated carbocycles. The van der Waals surface area contributed by atoms with Crippen LogP contribution in [-0.4, -0.2) is 16.5 Å². The zero-order chi connectivity index (χ0) is 9.19. The Morgan fingerprint density at radius 3 is 2.58 bits per heavy atom. The molecule has 2 N–H and O–H groups in total. The lowest BCUT2D eigenvalue weighted by atomic mass is 10.1. The Bertz CT molecular complexity index is 283. The van der Waals surface area contributed by atoms with Crippen LogP contribution in [0, 0.1) is 0 Å². The highest BCUT2D eigenvalue weighted by Crippen LogP contribution is 2.20. The number of oxime groups is 1. The monoisotopic (exact) mass is 169 g/mol. The van der Waals surface area contributed by atoms with E-state index in [0.717, 1.165) is 6.21 Å². The van der Waals surface area contributed by atoms with Gasteiger partial charge in [0.25, 0.3) is 0 Å². The fourth-order valence-corrected chi connectivity index (χ4v) is 0.808. The average molecular weight is 169 g/mol. The molecule has 1 heterocycles. The highest BCUT2D eigenvalue weighted by atomic mass is 16.4. The number of hydrogen-bond donors (Lipinski definition) is 2. The van der Waals surface area contributed by atoms with Crippen LogP contribution in [0.3, 0.4) is 0 Å². The van der Waals surface area contributed by atoms with Crippen molar-refractivity contribution in [3.63, 3.8) is 0 Å². The van der Waals surface area contributed by atoms with Gasteiger partial charge >= 0.3 is 0 Å². The van der Waals surface area contributed by atoms with Gasteiger partial charge in [0, 0.05) is 0 Å².